The highest BCUT2D eigenvalue weighted by Gasteiger charge is 2.07. The summed E-state index contributed by atoms with van der Waals surface area (Å²) in [5.74, 6) is 0.0186. The van der Waals surface area contributed by atoms with Crippen LogP contribution in [-0.2, 0) is 4.79 Å². The topological polar surface area (TPSA) is 50.7 Å². The number of hydrogen-bond acceptors (Lipinski definition) is 4. The van der Waals surface area contributed by atoms with Gasteiger partial charge in [-0.15, -0.1) is 11.3 Å². The molecule has 0 saturated heterocycles. The molecule has 0 atom stereocenters. The van der Waals surface area contributed by atoms with Crippen LogP contribution in [0.5, 0.6) is 5.75 Å². The molecule has 116 valence electrons. The summed E-state index contributed by atoms with van der Waals surface area (Å²) < 4.78 is 6.32. The molecular formula is C14H11BrCl2N2O2S. The van der Waals surface area contributed by atoms with Gasteiger partial charge in [0, 0.05) is 5.02 Å². The molecule has 0 spiro atoms. The van der Waals surface area contributed by atoms with Crippen LogP contribution in [0.2, 0.25) is 10.0 Å². The lowest BCUT2D eigenvalue weighted by atomic mass is 10.3. The Balaban J connectivity index is 1.88. The van der Waals surface area contributed by atoms with Crippen molar-refractivity contribution in [2.75, 3.05) is 6.61 Å². The molecule has 22 heavy (non-hydrogen) atoms. The Hall–Kier alpha value is -1.08. The van der Waals surface area contributed by atoms with Crippen molar-refractivity contribution in [2.24, 2.45) is 5.10 Å². The number of halogens is 3. The van der Waals surface area contributed by atoms with Crippen LogP contribution in [0, 0.1) is 0 Å². The second-order valence-corrected chi connectivity index (χ2v) is 7.51. The van der Waals surface area contributed by atoms with Crippen molar-refractivity contribution in [1.82, 2.24) is 5.43 Å². The lowest BCUT2D eigenvalue weighted by Gasteiger charge is -2.07. The molecule has 8 heteroatoms. The van der Waals surface area contributed by atoms with Crippen molar-refractivity contribution >= 4 is 62.1 Å². The van der Waals surface area contributed by atoms with E-state index in [1.165, 1.54) is 11.3 Å². The van der Waals surface area contributed by atoms with Gasteiger partial charge in [-0.1, -0.05) is 23.2 Å². The zero-order valence-corrected chi connectivity index (χ0v) is 15.3. The molecule has 0 fully saturated rings. The Labute approximate surface area is 150 Å². The Morgan fingerprint density at radius 2 is 2.14 bits per heavy atom. The number of ether oxygens (including phenoxy) is 1. The minimum atomic E-state index is -0.374. The Morgan fingerprint density at radius 1 is 1.36 bits per heavy atom. The van der Waals surface area contributed by atoms with Crippen LogP contribution in [0.3, 0.4) is 0 Å². The van der Waals surface area contributed by atoms with Crippen molar-refractivity contribution in [2.45, 2.75) is 6.92 Å². The molecule has 1 N–H and O–H groups in total. The number of thiophene rings is 1. The van der Waals surface area contributed by atoms with E-state index >= 15 is 0 Å². The highest BCUT2D eigenvalue weighted by Crippen LogP contribution is 2.27. The van der Waals surface area contributed by atoms with Gasteiger partial charge in [0.1, 0.15) is 5.75 Å². The number of hydrogen-bond donors (Lipinski definition) is 1. The number of nitrogens with zero attached hydrogens (tertiary/aromatic N) is 1. The number of rotatable bonds is 5. The summed E-state index contributed by atoms with van der Waals surface area (Å²) in [7, 11) is 0. The van der Waals surface area contributed by atoms with E-state index in [1.54, 1.807) is 18.2 Å². The molecule has 2 aromatic rings. The molecule has 0 unspecified atom stereocenters. The molecule has 0 bridgehead atoms. The number of benzene rings is 1. The molecule has 0 saturated carbocycles. The van der Waals surface area contributed by atoms with Gasteiger partial charge < -0.3 is 4.74 Å². The van der Waals surface area contributed by atoms with E-state index in [4.69, 9.17) is 27.9 Å². The summed E-state index contributed by atoms with van der Waals surface area (Å²) in [6, 6.07) is 8.64. The summed E-state index contributed by atoms with van der Waals surface area (Å²) in [5.41, 5.74) is 3.15. The van der Waals surface area contributed by atoms with E-state index < -0.39 is 0 Å². The second-order valence-electron chi connectivity index (χ2n) is 4.20. The van der Waals surface area contributed by atoms with Crippen molar-refractivity contribution < 1.29 is 9.53 Å². The summed E-state index contributed by atoms with van der Waals surface area (Å²) in [5, 5.41) is 4.88. The third-order valence-electron chi connectivity index (χ3n) is 2.53. The monoisotopic (exact) mass is 420 g/mol. The molecule has 1 heterocycles. The minimum absolute atomic E-state index is 0.188. The molecular weight excluding hydrogens is 411 g/mol. The highest BCUT2D eigenvalue weighted by atomic mass is 79.9. The number of amides is 1. The fourth-order valence-electron chi connectivity index (χ4n) is 1.48. The average Bonchev–Trinajstić information content (AvgIpc) is 2.90. The molecule has 4 nitrogen and oxygen atoms in total. The smallest absolute Gasteiger partial charge is 0.277 e. The predicted molar refractivity (Wildman–Crippen MR) is 94.3 cm³/mol. The van der Waals surface area contributed by atoms with E-state index in [0.717, 1.165) is 8.66 Å². The molecule has 1 amide bonds. The van der Waals surface area contributed by atoms with Crippen molar-refractivity contribution in [3.05, 3.63) is 49.0 Å². The van der Waals surface area contributed by atoms with Gasteiger partial charge in [-0.05, 0) is 53.2 Å². The summed E-state index contributed by atoms with van der Waals surface area (Å²) in [6.45, 7) is 1.63. The normalized spacial score (nSPS) is 11.4. The van der Waals surface area contributed by atoms with Crippen molar-refractivity contribution in [1.29, 1.82) is 0 Å². The number of nitrogens with one attached hydrogen (secondary N) is 1. The first-order valence-corrected chi connectivity index (χ1v) is 8.49. The van der Waals surface area contributed by atoms with Crippen LogP contribution in [-0.4, -0.2) is 18.2 Å². The third-order valence-corrected chi connectivity index (χ3v) is 4.79. The maximum Gasteiger partial charge on any atom is 0.277 e. The van der Waals surface area contributed by atoms with E-state index in [0.29, 0.717) is 21.5 Å². The van der Waals surface area contributed by atoms with Crippen LogP contribution in [0.1, 0.15) is 11.8 Å². The molecule has 0 radical (unpaired) electrons. The van der Waals surface area contributed by atoms with Gasteiger partial charge in [0.25, 0.3) is 5.91 Å². The zero-order valence-electron chi connectivity index (χ0n) is 11.4. The summed E-state index contributed by atoms with van der Waals surface area (Å²) in [6.07, 6.45) is 0. The maximum absolute atomic E-state index is 11.7. The van der Waals surface area contributed by atoms with Crippen LogP contribution in [0.25, 0.3) is 0 Å². The Bertz CT molecular complexity index is 719. The number of hydrazone groups is 1. The van der Waals surface area contributed by atoms with Gasteiger partial charge in [-0.2, -0.15) is 5.10 Å². The van der Waals surface area contributed by atoms with Gasteiger partial charge in [-0.3, -0.25) is 4.79 Å². The maximum atomic E-state index is 11.7. The van der Waals surface area contributed by atoms with Crippen LogP contribution in [0.15, 0.2) is 39.2 Å². The SMILES string of the molecule is CC(=NNC(=O)COc1ccc(Cl)cc1Cl)c1ccc(Br)s1. The summed E-state index contributed by atoms with van der Waals surface area (Å²) in [4.78, 5) is 12.7. The molecule has 1 aromatic carbocycles. The Kier molecular flexibility index (Phi) is 6.26. The van der Waals surface area contributed by atoms with Gasteiger partial charge in [0.2, 0.25) is 0 Å². The summed E-state index contributed by atoms with van der Waals surface area (Å²) >= 11 is 16.6. The van der Waals surface area contributed by atoms with Gasteiger partial charge in [-0.25, -0.2) is 5.43 Å². The zero-order chi connectivity index (χ0) is 16.1. The van der Waals surface area contributed by atoms with Gasteiger partial charge >= 0.3 is 0 Å². The molecule has 0 aliphatic heterocycles. The lowest BCUT2D eigenvalue weighted by molar-refractivity contribution is -0.123. The molecule has 0 aliphatic carbocycles. The molecule has 2 rings (SSSR count). The first-order chi connectivity index (χ1) is 10.5. The minimum Gasteiger partial charge on any atom is -0.482 e. The fraction of sp³-hybridized carbons (Fsp3) is 0.143. The van der Waals surface area contributed by atoms with Gasteiger partial charge in [0.15, 0.2) is 6.61 Å². The largest absolute Gasteiger partial charge is 0.482 e. The van der Waals surface area contributed by atoms with Crippen LogP contribution >= 0.6 is 50.5 Å². The van der Waals surface area contributed by atoms with E-state index in [-0.39, 0.29) is 12.5 Å². The van der Waals surface area contributed by atoms with Crippen molar-refractivity contribution in [3.8, 4) is 5.75 Å². The van der Waals surface area contributed by atoms with Crippen LogP contribution < -0.4 is 10.2 Å². The third kappa shape index (κ3) is 4.98. The molecule has 0 aliphatic rings. The fourth-order valence-corrected chi connectivity index (χ4v) is 3.27. The van der Waals surface area contributed by atoms with Gasteiger partial charge in [0.05, 0.1) is 19.4 Å². The van der Waals surface area contributed by atoms with E-state index in [9.17, 15) is 4.79 Å². The van der Waals surface area contributed by atoms with Crippen LogP contribution in [0.4, 0.5) is 0 Å². The highest BCUT2D eigenvalue weighted by molar-refractivity contribution is 9.11. The molecule has 1 aromatic heterocycles. The first kappa shape index (κ1) is 17.3. The second kappa shape index (κ2) is 7.97. The standard InChI is InChI=1S/C14H11BrCl2N2O2S/c1-8(12-4-5-13(15)22-12)18-19-14(20)7-21-11-3-2-9(16)6-10(11)17/h2-6H,7H2,1H3,(H,19,20). The van der Waals surface area contributed by atoms with E-state index in [2.05, 4.69) is 26.5 Å². The first-order valence-electron chi connectivity index (χ1n) is 6.12. The Morgan fingerprint density at radius 3 is 2.77 bits per heavy atom. The number of carbonyl (C=O) groups excluding carboxylic acids is 1. The lowest BCUT2D eigenvalue weighted by Crippen LogP contribution is -2.25. The number of carbonyl (C=O) groups is 1. The average molecular weight is 422 g/mol. The van der Waals surface area contributed by atoms with Crippen molar-refractivity contribution in [3.63, 3.8) is 0 Å². The van der Waals surface area contributed by atoms with E-state index in [1.807, 2.05) is 19.1 Å². The quantitative estimate of drug-likeness (QED) is 0.560. The predicted octanol–water partition coefficient (Wildman–Crippen LogP) is 4.74.